The molecule has 0 aliphatic carbocycles. The quantitative estimate of drug-likeness (QED) is 0.228. The number of hydrogen-bond acceptors (Lipinski definition) is 7. The number of amides is 2. The number of carboxylic acids is 2. The zero-order valence-corrected chi connectivity index (χ0v) is 17.7. The fraction of sp³-hybridized carbons (Fsp3) is 0.190. The van der Waals surface area contributed by atoms with Crippen molar-refractivity contribution in [1.82, 2.24) is 15.6 Å². The monoisotopic (exact) mass is 470 g/mol. The Balaban J connectivity index is 1.45. The molecule has 1 aromatic carbocycles. The molecule has 11 nitrogen and oxygen atoms in total. The lowest BCUT2D eigenvalue weighted by atomic mass is 9.98. The molecular formula is C21H18N4O7S. The van der Waals surface area contributed by atoms with Crippen LogP contribution in [0.3, 0.4) is 0 Å². The molecule has 2 aromatic heterocycles. The first-order valence-electron chi connectivity index (χ1n) is 9.80. The van der Waals surface area contributed by atoms with E-state index in [0.29, 0.717) is 15.8 Å². The van der Waals surface area contributed by atoms with E-state index in [9.17, 15) is 29.1 Å². The SMILES string of the molecule is O=C(O)C(=O)Nc1sc2c(c1C(=O)O)CC(CNC(=O)C(=O)c1c[nH]c3ccccc13)NC2. The molecule has 6 N–H and O–H groups in total. The van der Waals surface area contributed by atoms with Crippen molar-refractivity contribution >= 4 is 56.8 Å². The summed E-state index contributed by atoms with van der Waals surface area (Å²) < 4.78 is 0. The Bertz CT molecular complexity index is 1310. The number of anilines is 1. The van der Waals surface area contributed by atoms with E-state index in [-0.39, 0.29) is 41.7 Å². The van der Waals surface area contributed by atoms with Gasteiger partial charge in [0.25, 0.3) is 11.7 Å². The number of hydrogen-bond donors (Lipinski definition) is 6. The van der Waals surface area contributed by atoms with Gasteiger partial charge in [0.2, 0.25) is 0 Å². The van der Waals surface area contributed by atoms with E-state index in [0.717, 1.165) is 16.9 Å². The lowest BCUT2D eigenvalue weighted by molar-refractivity contribution is -0.147. The van der Waals surface area contributed by atoms with Crippen LogP contribution >= 0.6 is 11.3 Å². The molecule has 1 unspecified atom stereocenters. The summed E-state index contributed by atoms with van der Waals surface area (Å²) in [5.41, 5.74) is 1.28. The second-order valence-electron chi connectivity index (χ2n) is 7.34. The molecule has 170 valence electrons. The molecule has 12 heteroatoms. The van der Waals surface area contributed by atoms with E-state index in [1.807, 2.05) is 6.07 Å². The van der Waals surface area contributed by atoms with Crippen LogP contribution in [0.1, 0.15) is 31.2 Å². The third-order valence-electron chi connectivity index (χ3n) is 5.28. The van der Waals surface area contributed by atoms with E-state index in [2.05, 4.69) is 20.9 Å². The zero-order valence-electron chi connectivity index (χ0n) is 16.9. The molecule has 0 fully saturated rings. The first-order chi connectivity index (χ1) is 15.8. The van der Waals surface area contributed by atoms with Gasteiger partial charge in [0.15, 0.2) is 0 Å². The summed E-state index contributed by atoms with van der Waals surface area (Å²) in [6, 6.07) is 6.74. The molecule has 2 amide bonds. The maximum Gasteiger partial charge on any atom is 0.394 e. The standard InChI is InChI=1S/C21H18N4O7S/c26-16(12-7-23-13-4-2-1-3-10(12)13)17(27)24-6-9-5-11-14(8-22-9)33-19(15(11)20(29)30)25-18(28)21(31)32/h1-4,7,9,22-23H,5-6,8H2,(H,24,27)(H,25,28)(H,29,30)(H,31,32). The Morgan fingerprint density at radius 2 is 1.85 bits per heavy atom. The van der Waals surface area contributed by atoms with Crippen LogP contribution in [0.2, 0.25) is 0 Å². The first kappa shape index (κ1) is 22.2. The number of aromatic carboxylic acids is 1. The van der Waals surface area contributed by atoms with Crippen molar-refractivity contribution in [2.24, 2.45) is 0 Å². The average molecular weight is 470 g/mol. The van der Waals surface area contributed by atoms with E-state index < -0.39 is 29.5 Å². The Morgan fingerprint density at radius 3 is 2.58 bits per heavy atom. The highest BCUT2D eigenvalue weighted by molar-refractivity contribution is 7.17. The Morgan fingerprint density at radius 1 is 1.09 bits per heavy atom. The normalized spacial score (nSPS) is 15.0. The Hall–Kier alpha value is -4.03. The number of carbonyl (C=O) groups is 5. The van der Waals surface area contributed by atoms with Gasteiger partial charge < -0.3 is 31.1 Å². The van der Waals surface area contributed by atoms with Crippen molar-refractivity contribution < 1.29 is 34.2 Å². The number of fused-ring (bicyclic) bond motifs is 2. The molecule has 1 aliphatic rings. The number of ketones is 1. The highest BCUT2D eigenvalue weighted by atomic mass is 32.1. The topological polar surface area (TPSA) is 178 Å². The molecule has 0 spiro atoms. The molecule has 3 aromatic rings. The van der Waals surface area contributed by atoms with Crippen molar-refractivity contribution in [2.45, 2.75) is 19.0 Å². The third kappa shape index (κ3) is 4.33. The van der Waals surface area contributed by atoms with Gasteiger partial charge in [0.1, 0.15) is 5.00 Å². The van der Waals surface area contributed by atoms with Crippen molar-refractivity contribution in [3.05, 3.63) is 52.0 Å². The highest BCUT2D eigenvalue weighted by Crippen LogP contribution is 2.36. The van der Waals surface area contributed by atoms with Crippen LogP contribution in [0.5, 0.6) is 0 Å². The van der Waals surface area contributed by atoms with Gasteiger partial charge in [0, 0.05) is 41.1 Å². The highest BCUT2D eigenvalue weighted by Gasteiger charge is 2.31. The number of carboxylic acid groups (broad SMARTS) is 2. The van der Waals surface area contributed by atoms with Gasteiger partial charge in [0.05, 0.1) is 11.1 Å². The summed E-state index contributed by atoms with van der Waals surface area (Å²) in [4.78, 5) is 62.7. The van der Waals surface area contributed by atoms with E-state index in [4.69, 9.17) is 5.11 Å². The lowest BCUT2D eigenvalue weighted by Gasteiger charge is -2.24. The van der Waals surface area contributed by atoms with Crippen LogP contribution in [-0.4, -0.2) is 57.3 Å². The number of nitrogens with one attached hydrogen (secondary N) is 4. The molecule has 0 radical (unpaired) electrons. The smallest absolute Gasteiger partial charge is 0.394 e. The summed E-state index contributed by atoms with van der Waals surface area (Å²) in [5.74, 6) is -5.83. The van der Waals surface area contributed by atoms with Crippen LogP contribution in [0.4, 0.5) is 5.00 Å². The summed E-state index contributed by atoms with van der Waals surface area (Å²) in [7, 11) is 0. The summed E-state index contributed by atoms with van der Waals surface area (Å²) in [6.45, 7) is 0.332. The van der Waals surface area contributed by atoms with E-state index in [1.165, 1.54) is 6.20 Å². The largest absolute Gasteiger partial charge is 0.478 e. The maximum absolute atomic E-state index is 12.6. The number of benzene rings is 1. The molecule has 4 rings (SSSR count). The van der Waals surface area contributed by atoms with Gasteiger partial charge in [-0.15, -0.1) is 11.3 Å². The number of carbonyl (C=O) groups excluding carboxylic acids is 3. The van der Waals surface area contributed by atoms with Gasteiger partial charge in [-0.1, -0.05) is 18.2 Å². The fourth-order valence-electron chi connectivity index (χ4n) is 3.72. The van der Waals surface area contributed by atoms with Gasteiger partial charge in [-0.2, -0.15) is 0 Å². The number of H-pyrrole nitrogens is 1. The van der Waals surface area contributed by atoms with Gasteiger partial charge >= 0.3 is 17.8 Å². The van der Waals surface area contributed by atoms with Gasteiger partial charge in [-0.25, -0.2) is 9.59 Å². The van der Waals surface area contributed by atoms with Crippen LogP contribution in [0, 0.1) is 0 Å². The molecule has 33 heavy (non-hydrogen) atoms. The predicted molar refractivity (Wildman–Crippen MR) is 118 cm³/mol. The minimum Gasteiger partial charge on any atom is -0.478 e. The molecule has 1 aliphatic heterocycles. The van der Waals surface area contributed by atoms with Crippen molar-refractivity contribution in [3.63, 3.8) is 0 Å². The Labute approximate surface area is 189 Å². The molecule has 0 saturated carbocycles. The number of aromatic amines is 1. The Kier molecular flexibility index (Phi) is 5.94. The van der Waals surface area contributed by atoms with Gasteiger partial charge in [-0.3, -0.25) is 14.4 Å². The number of Topliss-reactive ketones (excluding diaryl/α,β-unsaturated/α-hetero) is 1. The molecule has 0 bridgehead atoms. The number of aliphatic carboxylic acids is 1. The third-order valence-corrected chi connectivity index (χ3v) is 6.42. The summed E-state index contributed by atoms with van der Waals surface area (Å²) in [6.07, 6.45) is 1.69. The van der Waals surface area contributed by atoms with Gasteiger partial charge in [-0.05, 0) is 18.1 Å². The maximum atomic E-state index is 12.6. The predicted octanol–water partition coefficient (Wildman–Crippen LogP) is 0.964. The van der Waals surface area contributed by atoms with E-state index in [1.54, 1.807) is 18.2 Å². The van der Waals surface area contributed by atoms with Crippen LogP contribution in [0.25, 0.3) is 10.9 Å². The fourth-order valence-corrected chi connectivity index (χ4v) is 4.89. The minimum atomic E-state index is -1.73. The van der Waals surface area contributed by atoms with Crippen molar-refractivity contribution in [2.75, 3.05) is 11.9 Å². The minimum absolute atomic E-state index is 0.0547. The first-order valence-corrected chi connectivity index (χ1v) is 10.6. The van der Waals surface area contributed by atoms with Crippen LogP contribution in [0.15, 0.2) is 30.5 Å². The molecule has 3 heterocycles. The molecular weight excluding hydrogens is 452 g/mol. The van der Waals surface area contributed by atoms with E-state index >= 15 is 0 Å². The second kappa shape index (κ2) is 8.84. The number of thiophene rings is 1. The van der Waals surface area contributed by atoms with Crippen molar-refractivity contribution in [1.29, 1.82) is 0 Å². The number of aromatic nitrogens is 1. The summed E-state index contributed by atoms with van der Waals surface area (Å²) in [5, 5.41) is 26.8. The molecule has 0 saturated heterocycles. The average Bonchev–Trinajstić information content (AvgIpc) is 3.37. The van der Waals surface area contributed by atoms with Crippen molar-refractivity contribution in [3.8, 4) is 0 Å². The second-order valence-corrected chi connectivity index (χ2v) is 8.45. The zero-order chi connectivity index (χ0) is 23.7. The lowest BCUT2D eigenvalue weighted by Crippen LogP contribution is -2.46. The van der Waals surface area contributed by atoms with Crippen LogP contribution in [-0.2, 0) is 27.3 Å². The number of rotatable bonds is 6. The summed E-state index contributed by atoms with van der Waals surface area (Å²) >= 11 is 0.983. The molecule has 1 atom stereocenters. The number of para-hydroxylation sites is 1. The van der Waals surface area contributed by atoms with Crippen LogP contribution < -0.4 is 16.0 Å².